The zero-order chi connectivity index (χ0) is 27.9. The van der Waals surface area contributed by atoms with Crippen molar-refractivity contribution in [3.8, 4) is 5.69 Å². The second-order valence-electron chi connectivity index (χ2n) is 9.78. The fourth-order valence-electron chi connectivity index (χ4n) is 4.63. The first-order chi connectivity index (χ1) is 18.7. The van der Waals surface area contributed by atoms with E-state index in [1.165, 1.54) is 11.0 Å². The summed E-state index contributed by atoms with van der Waals surface area (Å²) in [5.41, 5.74) is 23.9. The second kappa shape index (κ2) is 12.9. The van der Waals surface area contributed by atoms with Crippen LogP contribution in [0.1, 0.15) is 48.9 Å². The number of primary amides is 1. The van der Waals surface area contributed by atoms with Gasteiger partial charge in [-0.1, -0.05) is 6.07 Å². The van der Waals surface area contributed by atoms with Crippen molar-refractivity contribution in [2.24, 2.45) is 22.9 Å². The number of aromatic nitrogens is 5. The van der Waals surface area contributed by atoms with Crippen molar-refractivity contribution < 1.29 is 13.6 Å². The van der Waals surface area contributed by atoms with Gasteiger partial charge in [-0.05, 0) is 56.7 Å². The number of halogens is 2. The zero-order valence-corrected chi connectivity index (χ0v) is 21.5. The highest BCUT2D eigenvalue weighted by Crippen LogP contribution is 2.25. The van der Waals surface area contributed by atoms with Crippen LogP contribution in [0, 0.1) is 0 Å². The first-order valence-corrected chi connectivity index (χ1v) is 12.9. The molecule has 1 aromatic carbocycles. The molecular weight excluding hydrogens is 508 g/mol. The van der Waals surface area contributed by atoms with Crippen LogP contribution in [0.5, 0.6) is 0 Å². The first-order valence-electron chi connectivity index (χ1n) is 12.9. The van der Waals surface area contributed by atoms with Crippen LogP contribution in [-0.2, 0) is 0 Å². The van der Waals surface area contributed by atoms with Crippen molar-refractivity contribution in [2.45, 2.75) is 75.0 Å². The minimum atomic E-state index is -1.07. The number of benzene rings is 1. The highest BCUT2D eigenvalue weighted by molar-refractivity contribution is 5.98. The van der Waals surface area contributed by atoms with E-state index in [0.717, 1.165) is 24.9 Å². The summed E-state index contributed by atoms with van der Waals surface area (Å²) in [5, 5.41) is 14.4. The number of rotatable bonds is 6. The number of amides is 1. The Morgan fingerprint density at radius 1 is 0.974 bits per heavy atom. The Morgan fingerprint density at radius 3 is 2.33 bits per heavy atom. The van der Waals surface area contributed by atoms with Crippen molar-refractivity contribution in [3.05, 3.63) is 48.4 Å². The van der Waals surface area contributed by atoms with E-state index in [-0.39, 0.29) is 29.4 Å². The topological polar surface area (TPSA) is 202 Å². The molecule has 2 aliphatic carbocycles. The maximum atomic E-state index is 13.9. The average molecular weight is 544 g/mol. The van der Waals surface area contributed by atoms with E-state index in [2.05, 4.69) is 30.8 Å². The normalized spacial score (nSPS) is 26.7. The quantitative estimate of drug-likeness (QED) is 0.266. The summed E-state index contributed by atoms with van der Waals surface area (Å²) in [5.74, 6) is -0.208. The summed E-state index contributed by atoms with van der Waals surface area (Å²) in [6.45, 7) is 0. The van der Waals surface area contributed by atoms with Gasteiger partial charge in [0.15, 0.2) is 0 Å². The molecule has 2 saturated carbocycles. The van der Waals surface area contributed by atoms with Crippen LogP contribution in [-0.4, -0.2) is 67.4 Å². The van der Waals surface area contributed by atoms with Gasteiger partial charge in [-0.25, -0.2) is 13.8 Å². The van der Waals surface area contributed by atoms with Crippen LogP contribution < -0.4 is 33.6 Å². The van der Waals surface area contributed by atoms with Crippen LogP contribution in [0.25, 0.3) is 5.69 Å². The summed E-state index contributed by atoms with van der Waals surface area (Å²) in [6, 6.07) is 5.77. The van der Waals surface area contributed by atoms with Gasteiger partial charge in [0.05, 0.1) is 30.2 Å². The van der Waals surface area contributed by atoms with Gasteiger partial charge in [0.2, 0.25) is 5.95 Å². The van der Waals surface area contributed by atoms with Gasteiger partial charge in [-0.15, -0.1) is 0 Å². The molecule has 5 rings (SSSR count). The molecule has 0 bridgehead atoms. The highest BCUT2D eigenvalue weighted by Gasteiger charge is 2.31. The lowest BCUT2D eigenvalue weighted by molar-refractivity contribution is 0.100. The fraction of sp³-hybridized carbons (Fsp3) is 0.480. The third kappa shape index (κ3) is 7.22. The number of hydrogen-bond donors (Lipinski definition) is 6. The number of carbonyl (C=O) groups is 1. The smallest absolute Gasteiger partial charge is 0.254 e. The Morgan fingerprint density at radius 2 is 1.67 bits per heavy atom. The van der Waals surface area contributed by atoms with E-state index in [1.54, 1.807) is 24.5 Å². The Kier molecular flexibility index (Phi) is 9.32. The van der Waals surface area contributed by atoms with E-state index in [0.29, 0.717) is 24.9 Å². The van der Waals surface area contributed by atoms with Crippen LogP contribution >= 0.6 is 0 Å². The SMILES string of the molecule is NC(=O)c1cnc(N[C@@H]2CCC[C@@H](F)[C@@H]2N)nc1Nc1cccc(-n2nccn2)c1.N[C@@H]1[C@H](N)CCC[C@H]1F. The third-order valence-electron chi connectivity index (χ3n) is 6.93. The molecule has 0 saturated heterocycles. The summed E-state index contributed by atoms with van der Waals surface area (Å²) in [4.78, 5) is 21.8. The number of nitrogens with two attached hydrogens (primary N) is 4. The van der Waals surface area contributed by atoms with Crippen LogP contribution in [0.15, 0.2) is 42.9 Å². The largest absolute Gasteiger partial charge is 0.365 e. The molecule has 2 fully saturated rings. The van der Waals surface area contributed by atoms with E-state index < -0.39 is 30.3 Å². The summed E-state index contributed by atoms with van der Waals surface area (Å²) >= 11 is 0. The van der Waals surface area contributed by atoms with Gasteiger partial charge < -0.3 is 33.6 Å². The highest BCUT2D eigenvalue weighted by atomic mass is 19.1. The van der Waals surface area contributed by atoms with E-state index in [9.17, 15) is 13.6 Å². The molecule has 3 aromatic rings. The fourth-order valence-corrected chi connectivity index (χ4v) is 4.63. The van der Waals surface area contributed by atoms with Crippen molar-refractivity contribution in [1.29, 1.82) is 0 Å². The molecule has 10 N–H and O–H groups in total. The van der Waals surface area contributed by atoms with Gasteiger partial charge in [-0.3, -0.25) is 4.79 Å². The Bertz CT molecular complexity index is 1220. The first kappa shape index (κ1) is 28.3. The number of nitrogens with one attached hydrogen (secondary N) is 2. The minimum absolute atomic E-state index is 0.117. The third-order valence-corrected chi connectivity index (χ3v) is 6.93. The summed E-state index contributed by atoms with van der Waals surface area (Å²) in [6.07, 6.45) is 6.79. The maximum absolute atomic E-state index is 13.9. The molecule has 6 atom stereocenters. The molecule has 0 aliphatic heterocycles. The molecule has 0 spiro atoms. The Balaban J connectivity index is 0.000000333. The van der Waals surface area contributed by atoms with E-state index in [1.807, 2.05) is 12.1 Å². The predicted molar refractivity (Wildman–Crippen MR) is 144 cm³/mol. The lowest BCUT2D eigenvalue weighted by Crippen LogP contribution is -2.50. The van der Waals surface area contributed by atoms with E-state index in [4.69, 9.17) is 22.9 Å². The van der Waals surface area contributed by atoms with Gasteiger partial charge in [0.25, 0.3) is 5.91 Å². The average Bonchev–Trinajstić information content (AvgIpc) is 3.46. The standard InChI is InChI=1S/C19H22FN9O.C6H13FN2/c20-14-5-2-6-15(16(14)21)27-19-23-10-13(17(22)30)18(28-19)26-11-3-1-4-12(9-11)29-24-7-8-25-29;7-4-2-1-3-5(8)6(4)9/h1,3-4,7-10,14-16H,2,5-6,21H2,(H2,22,30)(H2,23,26,27,28);4-6H,1-3,8-9H2/t14-,15-,16+;4-,5-,6+/m11/s1. The van der Waals surface area contributed by atoms with Crippen LogP contribution in [0.4, 0.5) is 26.2 Å². The Hall–Kier alpha value is -3.75. The molecule has 1 amide bonds. The molecule has 0 unspecified atom stereocenters. The van der Waals surface area contributed by atoms with Crippen molar-refractivity contribution in [2.75, 3.05) is 10.6 Å². The number of anilines is 3. The number of carbonyl (C=O) groups excluding carboxylic acids is 1. The monoisotopic (exact) mass is 543 g/mol. The second-order valence-corrected chi connectivity index (χ2v) is 9.78. The number of alkyl halides is 2. The summed E-state index contributed by atoms with van der Waals surface area (Å²) < 4.78 is 26.6. The molecular formula is C25H35F2N11O. The summed E-state index contributed by atoms with van der Waals surface area (Å²) in [7, 11) is 0. The molecule has 210 valence electrons. The minimum Gasteiger partial charge on any atom is -0.365 e. The molecule has 2 heterocycles. The molecule has 0 radical (unpaired) electrons. The molecule has 2 aliphatic rings. The maximum Gasteiger partial charge on any atom is 0.254 e. The van der Waals surface area contributed by atoms with Crippen LogP contribution in [0.2, 0.25) is 0 Å². The molecule has 14 heteroatoms. The molecule has 12 nitrogen and oxygen atoms in total. The molecule has 2 aromatic heterocycles. The zero-order valence-electron chi connectivity index (χ0n) is 21.5. The predicted octanol–water partition coefficient (Wildman–Crippen LogP) is 1.69. The lowest BCUT2D eigenvalue weighted by Gasteiger charge is -2.32. The lowest BCUT2D eigenvalue weighted by atomic mass is 9.89. The van der Waals surface area contributed by atoms with Crippen molar-refractivity contribution in [1.82, 2.24) is 25.0 Å². The number of nitrogens with zero attached hydrogens (tertiary/aromatic N) is 5. The van der Waals surface area contributed by atoms with Gasteiger partial charge >= 0.3 is 0 Å². The molecule has 39 heavy (non-hydrogen) atoms. The Labute approximate surface area is 224 Å². The van der Waals surface area contributed by atoms with Gasteiger partial charge in [-0.2, -0.15) is 20.0 Å². The number of hydrogen-bond acceptors (Lipinski definition) is 10. The van der Waals surface area contributed by atoms with Crippen molar-refractivity contribution in [3.63, 3.8) is 0 Å². The van der Waals surface area contributed by atoms with Gasteiger partial charge in [0, 0.05) is 24.0 Å². The van der Waals surface area contributed by atoms with Gasteiger partial charge in [0.1, 0.15) is 23.7 Å². The van der Waals surface area contributed by atoms with Crippen molar-refractivity contribution >= 4 is 23.4 Å². The van der Waals surface area contributed by atoms with Crippen LogP contribution in [0.3, 0.4) is 0 Å². The van der Waals surface area contributed by atoms with E-state index >= 15 is 0 Å².